The highest BCUT2D eigenvalue weighted by Crippen LogP contribution is 2.22. The minimum atomic E-state index is -3.61. The Labute approximate surface area is 184 Å². The van der Waals surface area contributed by atoms with Crippen molar-refractivity contribution in [1.29, 1.82) is 0 Å². The molecule has 31 heavy (non-hydrogen) atoms. The van der Waals surface area contributed by atoms with Crippen LogP contribution in [0.15, 0.2) is 78.9 Å². The second-order valence-electron chi connectivity index (χ2n) is 7.96. The van der Waals surface area contributed by atoms with E-state index in [1.54, 1.807) is 23.1 Å². The summed E-state index contributed by atoms with van der Waals surface area (Å²) < 4.78 is 27.8. The van der Waals surface area contributed by atoms with E-state index in [0.29, 0.717) is 18.7 Å². The number of amides is 1. The molecule has 0 aromatic heterocycles. The number of hydrogen-bond donors (Lipinski definition) is 0. The van der Waals surface area contributed by atoms with Crippen LogP contribution in [0, 0.1) is 5.92 Å². The molecule has 0 radical (unpaired) electrons. The lowest BCUT2D eigenvalue weighted by molar-refractivity contribution is 0.0722. The lowest BCUT2D eigenvalue weighted by Gasteiger charge is -2.25. The molecule has 3 rings (SSSR count). The summed E-state index contributed by atoms with van der Waals surface area (Å²) >= 11 is 0. The lowest BCUT2D eigenvalue weighted by atomic mass is 10.0. The first-order chi connectivity index (χ1) is 14.7. The second kappa shape index (κ2) is 9.79. The maximum atomic E-state index is 13.2. The zero-order chi connectivity index (χ0) is 22.4. The van der Waals surface area contributed by atoms with Crippen LogP contribution in [0.25, 0.3) is 11.1 Å². The molecule has 0 fully saturated rings. The number of carbonyl (C=O) groups is 1. The molecule has 6 heteroatoms. The lowest BCUT2D eigenvalue weighted by Crippen LogP contribution is -2.33. The van der Waals surface area contributed by atoms with Crippen molar-refractivity contribution in [2.45, 2.75) is 20.4 Å². The van der Waals surface area contributed by atoms with E-state index in [9.17, 15) is 13.2 Å². The Balaban J connectivity index is 1.81. The van der Waals surface area contributed by atoms with E-state index < -0.39 is 10.1 Å². The minimum Gasteiger partial charge on any atom is -0.383 e. The molecule has 162 valence electrons. The molecule has 0 saturated heterocycles. The van der Waals surface area contributed by atoms with E-state index in [1.165, 1.54) is 0 Å². The zero-order valence-corrected chi connectivity index (χ0v) is 18.8. The van der Waals surface area contributed by atoms with Crippen molar-refractivity contribution < 1.29 is 17.4 Å². The third-order valence-electron chi connectivity index (χ3n) is 4.63. The fourth-order valence-corrected chi connectivity index (χ4v) is 3.82. The fraction of sp³-hybridized carbons (Fsp3) is 0.240. The number of hydrogen-bond acceptors (Lipinski definition) is 4. The second-order valence-corrected chi connectivity index (χ2v) is 9.53. The molecule has 0 N–H and O–H groups in total. The highest BCUT2D eigenvalue weighted by Gasteiger charge is 2.18. The van der Waals surface area contributed by atoms with E-state index in [2.05, 4.69) is 13.8 Å². The van der Waals surface area contributed by atoms with Gasteiger partial charge in [0.25, 0.3) is 5.91 Å². The normalized spacial score (nSPS) is 11.4. The molecule has 3 aromatic carbocycles. The van der Waals surface area contributed by atoms with Gasteiger partial charge in [0.15, 0.2) is 0 Å². The molecular weight excluding hydrogens is 410 g/mol. The summed E-state index contributed by atoms with van der Waals surface area (Å²) in [7, 11) is -3.61. The van der Waals surface area contributed by atoms with Crippen LogP contribution in [0.5, 0.6) is 5.75 Å². The average Bonchev–Trinajstić information content (AvgIpc) is 2.72. The number of rotatable bonds is 8. The molecule has 0 aliphatic heterocycles. The largest absolute Gasteiger partial charge is 0.383 e. The monoisotopic (exact) mass is 437 g/mol. The summed E-state index contributed by atoms with van der Waals surface area (Å²) in [5.41, 5.74) is 3.57. The van der Waals surface area contributed by atoms with E-state index >= 15 is 0 Å². The van der Waals surface area contributed by atoms with Crippen molar-refractivity contribution in [3.05, 3.63) is 90.0 Å². The average molecular weight is 438 g/mol. The van der Waals surface area contributed by atoms with Gasteiger partial charge in [-0.1, -0.05) is 68.4 Å². The van der Waals surface area contributed by atoms with Gasteiger partial charge in [0.1, 0.15) is 5.75 Å². The maximum absolute atomic E-state index is 13.2. The standard InChI is InChI=1S/C25H27NO4S/c1-19(2)17-26(18-20-8-7-11-24(16-20)30-31(3,28)29)25(27)23-14-12-22(13-15-23)21-9-5-4-6-10-21/h4-16,19H,17-18H2,1-3H3. The van der Waals surface area contributed by atoms with Crippen LogP contribution in [0.3, 0.4) is 0 Å². The molecule has 0 aliphatic rings. The summed E-state index contributed by atoms with van der Waals surface area (Å²) in [5, 5.41) is 0. The summed E-state index contributed by atoms with van der Waals surface area (Å²) in [6.45, 7) is 5.05. The third-order valence-corrected chi connectivity index (χ3v) is 5.13. The van der Waals surface area contributed by atoms with Gasteiger partial charge in [0, 0.05) is 18.7 Å². The maximum Gasteiger partial charge on any atom is 0.306 e. The highest BCUT2D eigenvalue weighted by molar-refractivity contribution is 7.86. The first-order valence-corrected chi connectivity index (χ1v) is 12.0. The van der Waals surface area contributed by atoms with Crippen molar-refractivity contribution in [2.75, 3.05) is 12.8 Å². The molecule has 0 heterocycles. The van der Waals surface area contributed by atoms with Crippen LogP contribution < -0.4 is 4.18 Å². The van der Waals surface area contributed by atoms with Crippen molar-refractivity contribution in [1.82, 2.24) is 4.90 Å². The Morgan fingerprint density at radius 3 is 2.16 bits per heavy atom. The first-order valence-electron chi connectivity index (χ1n) is 10.1. The third kappa shape index (κ3) is 6.69. The molecule has 1 amide bonds. The SMILES string of the molecule is CC(C)CN(Cc1cccc(OS(C)(=O)=O)c1)C(=O)c1ccc(-c2ccccc2)cc1. The van der Waals surface area contributed by atoms with E-state index in [0.717, 1.165) is 22.9 Å². The van der Waals surface area contributed by atoms with Crippen molar-refractivity contribution in [2.24, 2.45) is 5.92 Å². The number of carbonyl (C=O) groups excluding carboxylic acids is 1. The minimum absolute atomic E-state index is 0.0669. The Kier molecular flexibility index (Phi) is 7.13. The number of nitrogens with zero attached hydrogens (tertiary/aromatic N) is 1. The van der Waals surface area contributed by atoms with Crippen molar-refractivity contribution in [3.63, 3.8) is 0 Å². The van der Waals surface area contributed by atoms with Crippen molar-refractivity contribution >= 4 is 16.0 Å². The van der Waals surface area contributed by atoms with Gasteiger partial charge in [0.05, 0.1) is 6.26 Å². The molecular formula is C25H27NO4S. The van der Waals surface area contributed by atoms with Crippen LogP contribution in [-0.4, -0.2) is 32.0 Å². The van der Waals surface area contributed by atoms with Crippen LogP contribution >= 0.6 is 0 Å². The molecule has 0 atom stereocenters. The van der Waals surface area contributed by atoms with Gasteiger partial charge < -0.3 is 9.08 Å². The van der Waals surface area contributed by atoms with Gasteiger partial charge in [-0.25, -0.2) is 0 Å². The van der Waals surface area contributed by atoms with Gasteiger partial charge in [-0.15, -0.1) is 0 Å². The summed E-state index contributed by atoms with van der Waals surface area (Å²) in [4.78, 5) is 15.0. The quantitative estimate of drug-likeness (QED) is 0.466. The van der Waals surface area contributed by atoms with E-state index in [4.69, 9.17) is 4.18 Å². The van der Waals surface area contributed by atoms with E-state index in [-0.39, 0.29) is 17.6 Å². The Hall–Kier alpha value is -3.12. The van der Waals surface area contributed by atoms with Gasteiger partial charge >= 0.3 is 10.1 Å². The van der Waals surface area contributed by atoms with Gasteiger partial charge in [0.2, 0.25) is 0 Å². The summed E-state index contributed by atoms with van der Waals surface area (Å²) in [6, 6.07) is 24.4. The van der Waals surface area contributed by atoms with Crippen LogP contribution in [0.4, 0.5) is 0 Å². The molecule has 0 spiro atoms. The molecule has 0 saturated carbocycles. The van der Waals surface area contributed by atoms with Crippen LogP contribution in [0.1, 0.15) is 29.8 Å². The van der Waals surface area contributed by atoms with Gasteiger partial charge in [-0.05, 0) is 46.9 Å². The topological polar surface area (TPSA) is 63.7 Å². The zero-order valence-electron chi connectivity index (χ0n) is 18.0. The Bertz CT molecular complexity index is 1120. The van der Waals surface area contributed by atoms with Gasteiger partial charge in [-0.3, -0.25) is 4.79 Å². The highest BCUT2D eigenvalue weighted by atomic mass is 32.2. The fourth-order valence-electron chi connectivity index (χ4n) is 3.37. The molecule has 0 unspecified atom stereocenters. The summed E-state index contributed by atoms with van der Waals surface area (Å²) in [6.07, 6.45) is 1.01. The van der Waals surface area contributed by atoms with E-state index in [1.807, 2.05) is 60.7 Å². The predicted molar refractivity (Wildman–Crippen MR) is 123 cm³/mol. The summed E-state index contributed by atoms with van der Waals surface area (Å²) in [5.74, 6) is 0.454. The Morgan fingerprint density at radius 1 is 0.903 bits per heavy atom. The Morgan fingerprint density at radius 2 is 1.55 bits per heavy atom. The molecule has 0 bridgehead atoms. The van der Waals surface area contributed by atoms with Crippen LogP contribution in [0.2, 0.25) is 0 Å². The van der Waals surface area contributed by atoms with Crippen LogP contribution in [-0.2, 0) is 16.7 Å². The van der Waals surface area contributed by atoms with Crippen molar-refractivity contribution in [3.8, 4) is 16.9 Å². The predicted octanol–water partition coefficient (Wildman–Crippen LogP) is 4.99. The molecule has 0 aliphatic carbocycles. The van der Waals surface area contributed by atoms with Gasteiger partial charge in [-0.2, -0.15) is 8.42 Å². The number of benzene rings is 3. The molecule has 5 nitrogen and oxygen atoms in total. The smallest absolute Gasteiger partial charge is 0.306 e. The molecule has 3 aromatic rings. The first kappa shape index (κ1) is 22.6.